The highest BCUT2D eigenvalue weighted by Gasteiger charge is 2.24. The molecular weight excluding hydrogens is 250 g/mol. The number of aliphatic hydroxyl groups excluding tert-OH is 1. The number of amides is 1. The number of likely N-dealkylation sites (tertiary alicyclic amines) is 1. The molecule has 18 heavy (non-hydrogen) atoms. The molecule has 1 aliphatic rings. The average Bonchev–Trinajstić information content (AvgIpc) is 2.83. The van der Waals surface area contributed by atoms with Gasteiger partial charge in [-0.15, -0.1) is 11.8 Å². The Morgan fingerprint density at radius 2 is 2.22 bits per heavy atom. The molecule has 1 aromatic rings. The SMILES string of the molecule is COc1ccc(SCC(=O)N2CC[C@@H](O)C2)cc1. The van der Waals surface area contributed by atoms with Gasteiger partial charge in [0.15, 0.2) is 0 Å². The van der Waals surface area contributed by atoms with E-state index in [-0.39, 0.29) is 12.0 Å². The number of methoxy groups -OCH3 is 1. The van der Waals surface area contributed by atoms with Gasteiger partial charge >= 0.3 is 0 Å². The lowest BCUT2D eigenvalue weighted by Gasteiger charge is -2.15. The number of carbonyl (C=O) groups excluding carboxylic acids is 1. The van der Waals surface area contributed by atoms with Crippen LogP contribution in [0.25, 0.3) is 0 Å². The van der Waals surface area contributed by atoms with Crippen LogP contribution in [0.3, 0.4) is 0 Å². The first-order valence-electron chi connectivity index (χ1n) is 5.91. The predicted octanol–water partition coefficient (Wildman–Crippen LogP) is 1.38. The van der Waals surface area contributed by atoms with Crippen LogP contribution < -0.4 is 4.74 Å². The first-order valence-corrected chi connectivity index (χ1v) is 6.90. The van der Waals surface area contributed by atoms with Gasteiger partial charge in [-0.05, 0) is 30.7 Å². The molecule has 0 spiro atoms. The topological polar surface area (TPSA) is 49.8 Å². The van der Waals surface area contributed by atoms with Gasteiger partial charge in [-0.2, -0.15) is 0 Å². The lowest BCUT2D eigenvalue weighted by molar-refractivity contribution is -0.127. The number of ether oxygens (including phenoxy) is 1. The van der Waals surface area contributed by atoms with Crippen molar-refractivity contribution < 1.29 is 14.6 Å². The van der Waals surface area contributed by atoms with Crippen LogP contribution in [0.5, 0.6) is 5.75 Å². The third kappa shape index (κ3) is 3.40. The molecule has 1 saturated heterocycles. The molecule has 1 N–H and O–H groups in total. The zero-order valence-corrected chi connectivity index (χ0v) is 11.2. The third-order valence-corrected chi connectivity index (χ3v) is 3.93. The fourth-order valence-corrected chi connectivity index (χ4v) is 2.68. The van der Waals surface area contributed by atoms with Gasteiger partial charge in [0.1, 0.15) is 5.75 Å². The summed E-state index contributed by atoms with van der Waals surface area (Å²) in [7, 11) is 1.63. The van der Waals surface area contributed by atoms with E-state index in [2.05, 4.69) is 0 Å². The minimum absolute atomic E-state index is 0.0902. The minimum Gasteiger partial charge on any atom is -0.497 e. The molecule has 0 saturated carbocycles. The van der Waals surface area contributed by atoms with Crippen molar-refractivity contribution in [3.05, 3.63) is 24.3 Å². The van der Waals surface area contributed by atoms with Crippen LogP contribution in [0.2, 0.25) is 0 Å². The van der Waals surface area contributed by atoms with Crippen molar-refractivity contribution in [1.29, 1.82) is 0 Å². The van der Waals surface area contributed by atoms with E-state index >= 15 is 0 Å². The number of aliphatic hydroxyl groups is 1. The van der Waals surface area contributed by atoms with Crippen LogP contribution in [-0.4, -0.2) is 48.0 Å². The molecule has 0 aromatic heterocycles. The van der Waals surface area contributed by atoms with Crippen molar-refractivity contribution in [1.82, 2.24) is 4.90 Å². The van der Waals surface area contributed by atoms with Gasteiger partial charge in [-0.25, -0.2) is 0 Å². The maximum Gasteiger partial charge on any atom is 0.233 e. The summed E-state index contributed by atoms with van der Waals surface area (Å²) in [5.41, 5.74) is 0. The van der Waals surface area contributed by atoms with Gasteiger partial charge in [0, 0.05) is 18.0 Å². The largest absolute Gasteiger partial charge is 0.497 e. The van der Waals surface area contributed by atoms with Crippen LogP contribution in [0, 0.1) is 0 Å². The molecule has 0 unspecified atom stereocenters. The van der Waals surface area contributed by atoms with Gasteiger partial charge < -0.3 is 14.7 Å². The highest BCUT2D eigenvalue weighted by Crippen LogP contribution is 2.22. The van der Waals surface area contributed by atoms with Crippen LogP contribution in [-0.2, 0) is 4.79 Å². The number of nitrogens with zero attached hydrogens (tertiary/aromatic N) is 1. The fraction of sp³-hybridized carbons (Fsp3) is 0.462. The third-order valence-electron chi connectivity index (χ3n) is 2.94. The first kappa shape index (κ1) is 13.2. The Balaban J connectivity index is 1.81. The summed E-state index contributed by atoms with van der Waals surface area (Å²) in [5.74, 6) is 1.32. The molecule has 2 rings (SSSR count). The maximum atomic E-state index is 11.9. The summed E-state index contributed by atoms with van der Waals surface area (Å²) >= 11 is 1.51. The highest BCUT2D eigenvalue weighted by molar-refractivity contribution is 8.00. The molecule has 1 aromatic carbocycles. The zero-order chi connectivity index (χ0) is 13.0. The number of benzene rings is 1. The lowest BCUT2D eigenvalue weighted by atomic mass is 10.3. The van der Waals surface area contributed by atoms with Gasteiger partial charge in [-0.3, -0.25) is 4.79 Å². The van der Waals surface area contributed by atoms with E-state index in [0.29, 0.717) is 25.3 Å². The van der Waals surface area contributed by atoms with E-state index in [1.54, 1.807) is 12.0 Å². The fourth-order valence-electron chi connectivity index (χ4n) is 1.88. The molecule has 0 radical (unpaired) electrons. The molecule has 1 aliphatic heterocycles. The predicted molar refractivity (Wildman–Crippen MR) is 70.9 cm³/mol. The van der Waals surface area contributed by atoms with E-state index in [0.717, 1.165) is 10.6 Å². The summed E-state index contributed by atoms with van der Waals surface area (Å²) < 4.78 is 5.08. The van der Waals surface area contributed by atoms with Crippen molar-refractivity contribution in [3.63, 3.8) is 0 Å². The number of β-amino-alcohol motifs (C(OH)–C–C–N with tert-alkyl or cyclic N) is 1. The monoisotopic (exact) mass is 267 g/mol. The standard InChI is InChI=1S/C13H17NO3S/c1-17-11-2-4-12(5-3-11)18-9-13(16)14-7-6-10(15)8-14/h2-5,10,15H,6-9H2,1H3/t10-/m1/s1. The number of hydrogen-bond acceptors (Lipinski definition) is 4. The number of hydrogen-bond donors (Lipinski definition) is 1. The van der Waals surface area contributed by atoms with E-state index in [1.165, 1.54) is 11.8 Å². The van der Waals surface area contributed by atoms with Crippen LogP contribution in [0.4, 0.5) is 0 Å². The van der Waals surface area contributed by atoms with Crippen molar-refractivity contribution >= 4 is 17.7 Å². The number of rotatable bonds is 4. The smallest absolute Gasteiger partial charge is 0.233 e. The highest BCUT2D eigenvalue weighted by atomic mass is 32.2. The van der Waals surface area contributed by atoms with Crippen LogP contribution in [0.15, 0.2) is 29.2 Å². The molecule has 1 atom stereocenters. The van der Waals surface area contributed by atoms with Crippen molar-refractivity contribution in [2.75, 3.05) is 26.0 Å². The van der Waals surface area contributed by atoms with Gasteiger partial charge in [-0.1, -0.05) is 0 Å². The van der Waals surface area contributed by atoms with Crippen LogP contribution in [0.1, 0.15) is 6.42 Å². The van der Waals surface area contributed by atoms with E-state index in [4.69, 9.17) is 4.74 Å². The van der Waals surface area contributed by atoms with Crippen molar-refractivity contribution in [2.24, 2.45) is 0 Å². The molecule has 0 aliphatic carbocycles. The molecule has 1 heterocycles. The normalized spacial score (nSPS) is 19.0. The van der Waals surface area contributed by atoms with Gasteiger partial charge in [0.05, 0.1) is 19.0 Å². The Morgan fingerprint density at radius 1 is 1.50 bits per heavy atom. The summed E-state index contributed by atoms with van der Waals surface area (Å²) in [6.07, 6.45) is 0.346. The molecule has 1 fully saturated rings. The number of carbonyl (C=O) groups is 1. The summed E-state index contributed by atoms with van der Waals surface area (Å²) in [6, 6.07) is 7.64. The van der Waals surface area contributed by atoms with Crippen LogP contribution >= 0.6 is 11.8 Å². The second kappa shape index (κ2) is 6.11. The second-order valence-corrected chi connectivity index (χ2v) is 5.30. The first-order chi connectivity index (χ1) is 8.69. The van der Waals surface area contributed by atoms with E-state index in [1.807, 2.05) is 24.3 Å². The summed E-state index contributed by atoms with van der Waals surface area (Å²) in [5, 5.41) is 9.38. The molecule has 98 valence electrons. The van der Waals surface area contributed by atoms with Crippen molar-refractivity contribution in [2.45, 2.75) is 17.4 Å². The Bertz CT molecular complexity index is 407. The molecule has 5 heteroatoms. The zero-order valence-electron chi connectivity index (χ0n) is 10.3. The Morgan fingerprint density at radius 3 is 2.78 bits per heavy atom. The van der Waals surface area contributed by atoms with E-state index in [9.17, 15) is 9.90 Å². The Hall–Kier alpha value is -1.20. The van der Waals surface area contributed by atoms with Gasteiger partial charge in [0.25, 0.3) is 0 Å². The molecule has 4 nitrogen and oxygen atoms in total. The van der Waals surface area contributed by atoms with E-state index < -0.39 is 0 Å². The average molecular weight is 267 g/mol. The minimum atomic E-state index is -0.347. The lowest BCUT2D eigenvalue weighted by Crippen LogP contribution is -2.30. The number of thioether (sulfide) groups is 1. The molecule has 1 amide bonds. The molecule has 0 bridgehead atoms. The Kier molecular flexibility index (Phi) is 4.49. The van der Waals surface area contributed by atoms with Gasteiger partial charge in [0.2, 0.25) is 5.91 Å². The summed E-state index contributed by atoms with van der Waals surface area (Å²) in [4.78, 5) is 14.6. The summed E-state index contributed by atoms with van der Waals surface area (Å²) in [6.45, 7) is 1.14. The maximum absolute atomic E-state index is 11.9. The second-order valence-electron chi connectivity index (χ2n) is 4.25. The quantitative estimate of drug-likeness (QED) is 0.837. The molecular formula is C13H17NO3S. The Labute approximate surface area is 111 Å². The van der Waals surface area contributed by atoms with Crippen molar-refractivity contribution in [3.8, 4) is 5.75 Å².